The molecule has 0 spiro atoms. The van der Waals surface area contributed by atoms with Crippen molar-refractivity contribution in [2.75, 3.05) is 7.05 Å². The number of aryl methyl sites for hydroxylation is 1. The minimum absolute atomic E-state index is 0.0386. The lowest BCUT2D eigenvalue weighted by atomic mass is 9.98. The first-order valence-electron chi connectivity index (χ1n) is 19.1. The van der Waals surface area contributed by atoms with E-state index in [0.717, 1.165) is 65.5 Å². The van der Waals surface area contributed by atoms with Crippen LogP contribution >= 0.6 is 7.75 Å². The zero-order chi connectivity index (χ0) is 41.9. The van der Waals surface area contributed by atoms with Gasteiger partial charge in [-0.2, -0.15) is 9.88 Å². The number of nitrogens with one attached hydrogen (secondary N) is 3. The fourth-order valence-electron chi connectivity index (χ4n) is 6.68. The van der Waals surface area contributed by atoms with E-state index in [0.29, 0.717) is 28.3 Å². The summed E-state index contributed by atoms with van der Waals surface area (Å²) in [4.78, 5) is 63.7. The number of hydrogen-bond acceptors (Lipinski definition) is 8. The van der Waals surface area contributed by atoms with E-state index in [2.05, 4.69) is 43.2 Å². The summed E-state index contributed by atoms with van der Waals surface area (Å²) in [5.41, 5.74) is 6.91. The van der Waals surface area contributed by atoms with Gasteiger partial charge in [0.1, 0.15) is 17.9 Å². The van der Waals surface area contributed by atoms with Gasteiger partial charge in [-0.25, -0.2) is 14.3 Å². The summed E-state index contributed by atoms with van der Waals surface area (Å²) in [5, 5.41) is 29.6. The molecule has 306 valence electrons. The molecule has 2 heterocycles. The summed E-state index contributed by atoms with van der Waals surface area (Å²) in [6.07, 6.45) is 3.51. The molecule has 2 atom stereocenters. The number of aliphatic carboxylic acids is 1. The number of imidazole rings is 1. The summed E-state index contributed by atoms with van der Waals surface area (Å²) in [5.74, 6) is -1.75. The van der Waals surface area contributed by atoms with Gasteiger partial charge in [-0.05, 0) is 58.5 Å². The van der Waals surface area contributed by atoms with E-state index < -0.39 is 44.0 Å². The van der Waals surface area contributed by atoms with E-state index in [4.69, 9.17) is 0 Å². The Labute approximate surface area is 340 Å². The topological polar surface area (TPSA) is 229 Å². The van der Waals surface area contributed by atoms with Crippen LogP contribution in [0.1, 0.15) is 48.8 Å². The molecule has 0 fully saturated rings. The molecule has 17 heteroatoms. The molecule has 0 unspecified atom stereocenters. The number of unbranched alkanes of at least 4 members (excludes halogenated alkanes) is 1. The number of hydrogen-bond donors (Lipinski definition) is 6. The summed E-state index contributed by atoms with van der Waals surface area (Å²) < 4.78 is 14.9. The van der Waals surface area contributed by atoms with Crippen LogP contribution < -0.4 is 10.6 Å². The molecule has 6 aromatic rings. The normalized spacial score (nSPS) is 12.6. The number of benzene rings is 4. The number of H-pyrrole nitrogens is 1. The summed E-state index contributed by atoms with van der Waals surface area (Å²) >= 11 is 0. The van der Waals surface area contributed by atoms with Crippen molar-refractivity contribution < 1.29 is 33.8 Å². The van der Waals surface area contributed by atoms with Gasteiger partial charge in [-0.15, -0.1) is 10.2 Å². The maximum absolute atomic E-state index is 13.6. The smallest absolute Gasteiger partial charge is 0.403 e. The van der Waals surface area contributed by atoms with Crippen molar-refractivity contribution in [2.45, 2.75) is 64.2 Å². The Bertz CT molecular complexity index is 2380. The lowest BCUT2D eigenvalue weighted by Crippen LogP contribution is -2.51. The van der Waals surface area contributed by atoms with E-state index in [1.165, 1.54) is 0 Å². The van der Waals surface area contributed by atoms with E-state index in [1.807, 2.05) is 95.6 Å². The Balaban J connectivity index is 1.12. The van der Waals surface area contributed by atoms with Crippen molar-refractivity contribution in [3.05, 3.63) is 132 Å². The van der Waals surface area contributed by atoms with Gasteiger partial charge in [0.05, 0.1) is 24.9 Å². The highest BCUT2D eigenvalue weighted by atomic mass is 31.2. The van der Waals surface area contributed by atoms with E-state index >= 15 is 0 Å². The number of aromatic amines is 1. The highest BCUT2D eigenvalue weighted by Gasteiger charge is 2.36. The first-order chi connectivity index (χ1) is 28.4. The number of amides is 2. The van der Waals surface area contributed by atoms with Crippen LogP contribution in [0.4, 0.5) is 0 Å². The van der Waals surface area contributed by atoms with Crippen LogP contribution in [0, 0.1) is 0 Å². The van der Waals surface area contributed by atoms with Crippen molar-refractivity contribution >= 4 is 25.5 Å². The highest BCUT2D eigenvalue weighted by Crippen LogP contribution is 2.41. The second-order valence-electron chi connectivity index (χ2n) is 14.1. The van der Waals surface area contributed by atoms with Crippen molar-refractivity contribution in [1.29, 1.82) is 0 Å². The van der Waals surface area contributed by atoms with E-state index in [-0.39, 0.29) is 13.0 Å². The number of carboxylic acids is 1. The molecular formula is C42H46N9O7P. The Morgan fingerprint density at radius 3 is 2.15 bits per heavy atom. The third-order valence-electron chi connectivity index (χ3n) is 10.0. The summed E-state index contributed by atoms with van der Waals surface area (Å²) in [6, 6.07) is 29.5. The summed E-state index contributed by atoms with van der Waals surface area (Å²) in [7, 11) is -3.84. The van der Waals surface area contributed by atoms with Gasteiger partial charge in [0.2, 0.25) is 17.6 Å². The van der Waals surface area contributed by atoms with Crippen LogP contribution in [-0.4, -0.2) is 86.7 Å². The Kier molecular flexibility index (Phi) is 13.9. The molecule has 2 aromatic heterocycles. The molecule has 0 saturated carbocycles. The molecule has 59 heavy (non-hydrogen) atoms. The fourth-order valence-corrected chi connectivity index (χ4v) is 7.23. The van der Waals surface area contributed by atoms with Crippen molar-refractivity contribution in [1.82, 2.24) is 45.5 Å². The Morgan fingerprint density at radius 1 is 0.864 bits per heavy atom. The molecule has 0 bridgehead atoms. The average Bonchev–Trinajstić information content (AvgIpc) is 3.92. The van der Waals surface area contributed by atoms with Crippen LogP contribution in [0.15, 0.2) is 109 Å². The van der Waals surface area contributed by atoms with E-state index in [1.54, 1.807) is 18.3 Å². The summed E-state index contributed by atoms with van der Waals surface area (Å²) in [6.45, 7) is 2.60. The number of carbonyl (C=O) groups excluding carboxylic acids is 2. The van der Waals surface area contributed by atoms with Crippen LogP contribution in [0.25, 0.3) is 33.6 Å². The Morgan fingerprint density at radius 2 is 1.51 bits per heavy atom. The van der Waals surface area contributed by atoms with Crippen LogP contribution in [-0.2, 0) is 44.9 Å². The third-order valence-corrected chi connectivity index (χ3v) is 11.1. The minimum Gasteiger partial charge on any atom is -0.480 e. The van der Waals surface area contributed by atoms with Gasteiger partial charge in [0, 0.05) is 18.5 Å². The average molecular weight is 820 g/mol. The molecule has 0 radical (unpaired) electrons. The number of carbonyl (C=O) groups is 3. The molecule has 0 aliphatic carbocycles. The Hall–Kier alpha value is -6.32. The number of carboxylic acid groups (broad SMARTS) is 1. The molecule has 6 rings (SSSR count). The molecule has 6 N–H and O–H groups in total. The van der Waals surface area contributed by atoms with Crippen LogP contribution in [0.2, 0.25) is 0 Å². The quantitative estimate of drug-likeness (QED) is 0.0594. The van der Waals surface area contributed by atoms with Gasteiger partial charge in [-0.1, -0.05) is 116 Å². The lowest BCUT2D eigenvalue weighted by molar-refractivity contribution is -0.144. The van der Waals surface area contributed by atoms with Crippen LogP contribution in [0.5, 0.6) is 0 Å². The van der Waals surface area contributed by atoms with Crippen molar-refractivity contribution in [2.24, 2.45) is 0 Å². The molecule has 16 nitrogen and oxygen atoms in total. The van der Waals surface area contributed by atoms with Gasteiger partial charge < -0.3 is 30.1 Å². The fraction of sp³-hybridized carbons (Fsp3) is 0.262. The predicted molar refractivity (Wildman–Crippen MR) is 220 cm³/mol. The van der Waals surface area contributed by atoms with Gasteiger partial charge in [0.15, 0.2) is 0 Å². The molecule has 0 aliphatic heterocycles. The number of likely N-dealkylation sites (N-methyl/N-ethyl adjacent to an activating group) is 1. The SMILES string of the molecule is CCCCc1ncc(CNC(=O)C[C@H](NC(=O)[C@H](Cc2ccc(-c3ccccc3)cc2)N(C)P(=O)(O)O)C(=O)O)n1Cc1ccc(-c2ccccc2-c2nn[nH]n2)cc1. The second kappa shape index (κ2) is 19.4. The van der Waals surface area contributed by atoms with Crippen molar-refractivity contribution in [3.8, 4) is 33.6 Å². The number of nitrogens with zero attached hydrogens (tertiary/aromatic N) is 6. The van der Waals surface area contributed by atoms with Crippen LogP contribution in [0.3, 0.4) is 0 Å². The number of tetrazole rings is 1. The van der Waals surface area contributed by atoms with Gasteiger partial charge in [0.25, 0.3) is 0 Å². The van der Waals surface area contributed by atoms with Gasteiger partial charge in [-0.3, -0.25) is 9.59 Å². The zero-order valence-corrected chi connectivity index (χ0v) is 33.5. The molecular weight excluding hydrogens is 773 g/mol. The van der Waals surface area contributed by atoms with Crippen molar-refractivity contribution in [3.63, 3.8) is 0 Å². The monoisotopic (exact) mass is 819 g/mol. The zero-order valence-electron chi connectivity index (χ0n) is 32.6. The largest absolute Gasteiger partial charge is 0.480 e. The molecule has 4 aromatic carbocycles. The first-order valence-corrected chi connectivity index (χ1v) is 20.7. The molecule has 0 aliphatic rings. The standard InChI is InChI=1S/C42H46N9O7P/c1-3-4-14-38-43-25-33(51(38)27-29-17-21-32(22-18-29)34-12-8-9-13-35(34)40-46-48-49-47-40)26-44-39(52)24-36(42(54)55)45-41(53)37(50(2)59(56,57)58)23-28-15-19-31(20-16-28)30-10-6-5-7-11-30/h5-13,15-22,25,36-37H,3-4,14,23-24,26-27H2,1-2H3,(H,44,52)(H,45,53)(H,54,55)(H2,56,57,58)(H,46,47,48,49)/t36-,37-/m0/s1. The second-order valence-corrected chi connectivity index (χ2v) is 15.7. The number of rotatable bonds is 19. The maximum atomic E-state index is 13.6. The lowest BCUT2D eigenvalue weighted by Gasteiger charge is -2.28. The minimum atomic E-state index is -4.93. The molecule has 2 amide bonds. The first kappa shape index (κ1) is 42.3. The number of aromatic nitrogens is 6. The highest BCUT2D eigenvalue weighted by molar-refractivity contribution is 7.49. The third kappa shape index (κ3) is 11.0. The van der Waals surface area contributed by atoms with Gasteiger partial charge >= 0.3 is 13.7 Å². The van der Waals surface area contributed by atoms with E-state index in [9.17, 15) is 33.8 Å². The molecule has 0 saturated heterocycles. The maximum Gasteiger partial charge on any atom is 0.403 e. The predicted octanol–water partition coefficient (Wildman–Crippen LogP) is 5.00.